The molecule has 0 aliphatic carbocycles. The number of amides is 1. The summed E-state index contributed by atoms with van der Waals surface area (Å²) in [6.07, 6.45) is 0.878. The fourth-order valence-corrected chi connectivity index (χ4v) is 3.54. The first kappa shape index (κ1) is 17.5. The van der Waals surface area contributed by atoms with Gasteiger partial charge in [0.15, 0.2) is 0 Å². The van der Waals surface area contributed by atoms with E-state index in [9.17, 15) is 4.79 Å². The van der Waals surface area contributed by atoms with Crippen molar-refractivity contribution in [3.8, 4) is 5.75 Å². The van der Waals surface area contributed by atoms with Gasteiger partial charge >= 0.3 is 0 Å². The highest BCUT2D eigenvalue weighted by Crippen LogP contribution is 2.30. The summed E-state index contributed by atoms with van der Waals surface area (Å²) in [6.45, 7) is 3.64. The SMILES string of the molecule is CC[C@H](NC(=O)[C@@H]1CNC[C@H]1c1ccc(OC)cc1)c1ccccc1. The molecule has 3 rings (SSSR count). The number of hydrogen-bond acceptors (Lipinski definition) is 3. The third-order valence-electron chi connectivity index (χ3n) is 5.02. The summed E-state index contributed by atoms with van der Waals surface area (Å²) in [4.78, 5) is 12.9. The minimum absolute atomic E-state index is 0.0499. The molecule has 0 radical (unpaired) electrons. The first-order chi connectivity index (χ1) is 12.2. The third-order valence-corrected chi connectivity index (χ3v) is 5.02. The van der Waals surface area contributed by atoms with Crippen LogP contribution in [0.15, 0.2) is 54.6 Å². The molecule has 0 aromatic heterocycles. The van der Waals surface area contributed by atoms with Crippen molar-refractivity contribution in [2.75, 3.05) is 20.2 Å². The standard InChI is InChI=1S/C21H26N2O2/c1-3-20(16-7-5-4-6-8-16)23-21(24)19-14-22-13-18(19)15-9-11-17(25-2)12-10-15/h4-12,18-20,22H,3,13-14H2,1-2H3,(H,23,24)/t18-,19+,20-/m0/s1. The Labute approximate surface area is 149 Å². The van der Waals surface area contributed by atoms with Crippen LogP contribution in [0.3, 0.4) is 0 Å². The summed E-state index contributed by atoms with van der Waals surface area (Å²) in [5.74, 6) is 1.11. The Balaban J connectivity index is 1.71. The highest BCUT2D eigenvalue weighted by atomic mass is 16.5. The van der Waals surface area contributed by atoms with Crippen molar-refractivity contribution >= 4 is 5.91 Å². The molecule has 0 bridgehead atoms. The number of methoxy groups -OCH3 is 1. The van der Waals surface area contributed by atoms with Gasteiger partial charge in [-0.05, 0) is 29.7 Å². The number of nitrogens with one attached hydrogen (secondary N) is 2. The lowest BCUT2D eigenvalue weighted by Crippen LogP contribution is -2.36. The molecule has 2 aromatic carbocycles. The molecule has 1 fully saturated rings. The zero-order valence-corrected chi connectivity index (χ0v) is 14.9. The van der Waals surface area contributed by atoms with E-state index in [1.165, 1.54) is 5.56 Å². The predicted molar refractivity (Wildman–Crippen MR) is 99.7 cm³/mol. The molecule has 0 saturated carbocycles. The molecule has 1 aliphatic heterocycles. The molecule has 1 saturated heterocycles. The second-order valence-electron chi connectivity index (χ2n) is 6.52. The van der Waals surface area contributed by atoms with Gasteiger partial charge in [0.05, 0.1) is 19.1 Å². The Morgan fingerprint density at radius 3 is 2.52 bits per heavy atom. The van der Waals surface area contributed by atoms with Crippen LogP contribution >= 0.6 is 0 Å². The van der Waals surface area contributed by atoms with E-state index in [0.717, 1.165) is 24.3 Å². The van der Waals surface area contributed by atoms with Gasteiger partial charge in [0.2, 0.25) is 5.91 Å². The van der Waals surface area contributed by atoms with Gasteiger partial charge in [0.25, 0.3) is 0 Å². The molecular formula is C21H26N2O2. The van der Waals surface area contributed by atoms with Crippen molar-refractivity contribution in [3.63, 3.8) is 0 Å². The van der Waals surface area contributed by atoms with Gasteiger partial charge in [-0.15, -0.1) is 0 Å². The second-order valence-corrected chi connectivity index (χ2v) is 6.52. The smallest absolute Gasteiger partial charge is 0.225 e. The molecule has 3 atom stereocenters. The molecule has 2 N–H and O–H groups in total. The molecule has 4 nitrogen and oxygen atoms in total. The van der Waals surface area contributed by atoms with E-state index >= 15 is 0 Å². The van der Waals surface area contributed by atoms with Gasteiger partial charge in [-0.25, -0.2) is 0 Å². The van der Waals surface area contributed by atoms with Crippen LogP contribution in [0.2, 0.25) is 0 Å². The van der Waals surface area contributed by atoms with Crippen molar-refractivity contribution in [1.29, 1.82) is 0 Å². The number of rotatable bonds is 6. The third kappa shape index (κ3) is 4.02. The average Bonchev–Trinajstić information content (AvgIpc) is 3.16. The summed E-state index contributed by atoms with van der Waals surface area (Å²) in [5, 5.41) is 6.61. The van der Waals surface area contributed by atoms with Crippen molar-refractivity contribution in [2.24, 2.45) is 5.92 Å². The van der Waals surface area contributed by atoms with E-state index in [0.29, 0.717) is 6.54 Å². The quantitative estimate of drug-likeness (QED) is 0.850. The maximum absolute atomic E-state index is 12.9. The number of benzene rings is 2. The van der Waals surface area contributed by atoms with E-state index in [4.69, 9.17) is 4.74 Å². The van der Waals surface area contributed by atoms with Crippen LogP contribution in [0.4, 0.5) is 0 Å². The molecule has 4 heteroatoms. The minimum atomic E-state index is -0.0499. The highest BCUT2D eigenvalue weighted by Gasteiger charge is 2.34. The van der Waals surface area contributed by atoms with Crippen LogP contribution in [-0.2, 0) is 4.79 Å². The summed E-state index contributed by atoms with van der Waals surface area (Å²) < 4.78 is 5.23. The number of ether oxygens (including phenoxy) is 1. The molecule has 1 heterocycles. The Morgan fingerprint density at radius 1 is 1.16 bits per heavy atom. The largest absolute Gasteiger partial charge is 0.497 e. The van der Waals surface area contributed by atoms with Crippen molar-refractivity contribution in [3.05, 3.63) is 65.7 Å². The van der Waals surface area contributed by atoms with E-state index in [2.05, 4.69) is 41.8 Å². The zero-order chi connectivity index (χ0) is 17.6. The lowest BCUT2D eigenvalue weighted by atomic mass is 9.88. The van der Waals surface area contributed by atoms with Crippen LogP contribution in [0.1, 0.15) is 36.4 Å². The van der Waals surface area contributed by atoms with E-state index in [1.807, 2.05) is 30.3 Å². The maximum atomic E-state index is 12.9. The second kappa shape index (κ2) is 8.17. The fourth-order valence-electron chi connectivity index (χ4n) is 3.54. The van der Waals surface area contributed by atoms with E-state index in [-0.39, 0.29) is 23.8 Å². The molecular weight excluding hydrogens is 312 g/mol. The molecule has 2 aromatic rings. The fraction of sp³-hybridized carbons (Fsp3) is 0.381. The Kier molecular flexibility index (Phi) is 5.71. The van der Waals surface area contributed by atoms with Gasteiger partial charge in [-0.2, -0.15) is 0 Å². The monoisotopic (exact) mass is 338 g/mol. The zero-order valence-electron chi connectivity index (χ0n) is 14.9. The van der Waals surface area contributed by atoms with Gasteiger partial charge in [0.1, 0.15) is 5.75 Å². The van der Waals surface area contributed by atoms with Gasteiger partial charge < -0.3 is 15.4 Å². The Hall–Kier alpha value is -2.33. The lowest BCUT2D eigenvalue weighted by Gasteiger charge is -2.23. The topological polar surface area (TPSA) is 50.4 Å². The van der Waals surface area contributed by atoms with E-state index < -0.39 is 0 Å². The average molecular weight is 338 g/mol. The molecule has 1 amide bonds. The van der Waals surface area contributed by atoms with Crippen LogP contribution < -0.4 is 15.4 Å². The predicted octanol–water partition coefficient (Wildman–Crippen LogP) is 3.27. The van der Waals surface area contributed by atoms with Crippen molar-refractivity contribution < 1.29 is 9.53 Å². The lowest BCUT2D eigenvalue weighted by molar-refractivity contribution is -0.125. The molecule has 1 aliphatic rings. The summed E-state index contributed by atoms with van der Waals surface area (Å²) in [7, 11) is 1.66. The summed E-state index contributed by atoms with van der Waals surface area (Å²) >= 11 is 0. The summed E-state index contributed by atoms with van der Waals surface area (Å²) in [6, 6.07) is 18.3. The van der Waals surface area contributed by atoms with E-state index in [1.54, 1.807) is 7.11 Å². The van der Waals surface area contributed by atoms with Gasteiger partial charge in [-0.3, -0.25) is 4.79 Å². The normalized spacial score (nSPS) is 20.9. The first-order valence-corrected chi connectivity index (χ1v) is 8.93. The maximum Gasteiger partial charge on any atom is 0.225 e. The van der Waals surface area contributed by atoms with Crippen LogP contribution in [0.5, 0.6) is 5.75 Å². The van der Waals surface area contributed by atoms with Crippen molar-refractivity contribution in [2.45, 2.75) is 25.3 Å². The summed E-state index contributed by atoms with van der Waals surface area (Å²) in [5.41, 5.74) is 2.34. The Bertz CT molecular complexity index is 685. The van der Waals surface area contributed by atoms with Gasteiger partial charge in [0, 0.05) is 19.0 Å². The highest BCUT2D eigenvalue weighted by molar-refractivity contribution is 5.81. The Morgan fingerprint density at radius 2 is 1.88 bits per heavy atom. The molecule has 132 valence electrons. The minimum Gasteiger partial charge on any atom is -0.497 e. The first-order valence-electron chi connectivity index (χ1n) is 8.93. The van der Waals surface area contributed by atoms with Crippen LogP contribution in [-0.4, -0.2) is 26.1 Å². The van der Waals surface area contributed by atoms with Crippen LogP contribution in [0.25, 0.3) is 0 Å². The van der Waals surface area contributed by atoms with Crippen LogP contribution in [0, 0.1) is 5.92 Å². The van der Waals surface area contributed by atoms with Gasteiger partial charge in [-0.1, -0.05) is 49.4 Å². The number of carbonyl (C=O) groups excluding carboxylic acids is 1. The molecule has 0 spiro atoms. The molecule has 0 unspecified atom stereocenters. The van der Waals surface area contributed by atoms with Crippen molar-refractivity contribution in [1.82, 2.24) is 10.6 Å². The number of hydrogen-bond donors (Lipinski definition) is 2. The molecule has 25 heavy (non-hydrogen) atoms. The number of carbonyl (C=O) groups is 1.